The van der Waals surface area contributed by atoms with Gasteiger partial charge in [0.1, 0.15) is 0 Å². The van der Waals surface area contributed by atoms with Crippen LogP contribution in [0, 0.1) is 6.92 Å². The molecule has 0 radical (unpaired) electrons. The second-order valence-corrected chi connectivity index (χ2v) is 7.53. The maximum Gasteiger partial charge on any atom is 0.0878 e. The summed E-state index contributed by atoms with van der Waals surface area (Å²) >= 11 is 0. The van der Waals surface area contributed by atoms with Gasteiger partial charge in [0.25, 0.3) is 0 Å². The molecule has 3 aromatic carbocycles. The Morgan fingerprint density at radius 2 is 1.12 bits per heavy atom. The summed E-state index contributed by atoms with van der Waals surface area (Å²) in [7, 11) is 2.20. The van der Waals surface area contributed by atoms with Crippen LogP contribution in [0.4, 0.5) is 0 Å². The Balaban J connectivity index is 1.90. The van der Waals surface area contributed by atoms with E-state index >= 15 is 0 Å². The highest BCUT2D eigenvalue weighted by Crippen LogP contribution is 2.63. The predicted octanol–water partition coefficient (Wildman–Crippen LogP) is 5.68. The van der Waals surface area contributed by atoms with Crippen LogP contribution < -0.4 is 0 Å². The van der Waals surface area contributed by atoms with Crippen LogP contribution in [0.1, 0.15) is 27.9 Å². The van der Waals surface area contributed by atoms with Crippen LogP contribution in [0.3, 0.4) is 0 Å². The largest absolute Gasteiger partial charge is 0.352 e. The van der Waals surface area contributed by atoms with Crippen LogP contribution in [0.5, 0.6) is 0 Å². The van der Waals surface area contributed by atoms with Gasteiger partial charge in [0, 0.05) is 24.5 Å². The maximum atomic E-state index is 2.35. The first-order chi connectivity index (χ1) is 12.7. The molecule has 1 spiro atoms. The van der Waals surface area contributed by atoms with Gasteiger partial charge in [0.15, 0.2) is 0 Å². The van der Waals surface area contributed by atoms with E-state index in [0.29, 0.717) is 0 Å². The highest BCUT2D eigenvalue weighted by atomic mass is 15.0. The van der Waals surface area contributed by atoms with E-state index in [4.69, 9.17) is 0 Å². The van der Waals surface area contributed by atoms with Crippen molar-refractivity contribution in [2.75, 3.05) is 0 Å². The van der Waals surface area contributed by atoms with Crippen molar-refractivity contribution in [1.82, 2.24) is 4.57 Å². The highest BCUT2D eigenvalue weighted by Gasteiger charge is 2.53. The van der Waals surface area contributed by atoms with Crippen LogP contribution in [-0.2, 0) is 12.5 Å². The zero-order valence-electron chi connectivity index (χ0n) is 15.0. The SMILES string of the molecule is Cc1cn(C)c2c1-c1ccccc1C21c2ccccc2-c2ccccc21. The van der Waals surface area contributed by atoms with Crippen LogP contribution in [0.2, 0.25) is 0 Å². The Labute approximate surface area is 153 Å². The van der Waals surface area contributed by atoms with Gasteiger partial charge in [-0.3, -0.25) is 0 Å². The molecule has 4 aromatic rings. The Morgan fingerprint density at radius 1 is 0.654 bits per heavy atom. The average molecular weight is 333 g/mol. The van der Waals surface area contributed by atoms with Gasteiger partial charge in [0.2, 0.25) is 0 Å². The summed E-state index contributed by atoms with van der Waals surface area (Å²) in [5, 5.41) is 0. The van der Waals surface area contributed by atoms with E-state index in [-0.39, 0.29) is 5.41 Å². The lowest BCUT2D eigenvalue weighted by Crippen LogP contribution is -2.28. The molecular formula is C25H19N. The number of rotatable bonds is 0. The standard InChI is InChI=1S/C25H19N/c1-16-15-26(2)24-23(16)19-11-5-8-14-22(19)25(24)20-12-6-3-9-17(20)18-10-4-7-13-21(18)25/h3-15H,1-2H3. The normalized spacial score (nSPS) is 14.8. The van der Waals surface area contributed by atoms with Crippen LogP contribution in [0.15, 0.2) is 79.0 Å². The van der Waals surface area contributed by atoms with Crippen molar-refractivity contribution in [3.05, 3.63) is 107 Å². The third-order valence-corrected chi connectivity index (χ3v) is 6.28. The fourth-order valence-electron chi connectivity index (χ4n) is 5.51. The molecule has 2 aliphatic carbocycles. The van der Waals surface area contributed by atoms with Gasteiger partial charge in [-0.25, -0.2) is 0 Å². The van der Waals surface area contributed by atoms with Crippen molar-refractivity contribution in [3.63, 3.8) is 0 Å². The molecule has 0 saturated carbocycles. The Kier molecular flexibility index (Phi) is 2.48. The first kappa shape index (κ1) is 14.1. The smallest absolute Gasteiger partial charge is 0.0878 e. The summed E-state index contributed by atoms with van der Waals surface area (Å²) < 4.78 is 2.35. The van der Waals surface area contributed by atoms with E-state index < -0.39 is 0 Å². The molecule has 6 rings (SSSR count). The van der Waals surface area contributed by atoms with Crippen LogP contribution in [0.25, 0.3) is 22.3 Å². The molecule has 0 aliphatic heterocycles. The van der Waals surface area contributed by atoms with Crippen molar-refractivity contribution >= 4 is 0 Å². The zero-order chi connectivity index (χ0) is 17.5. The molecule has 0 bridgehead atoms. The van der Waals surface area contributed by atoms with E-state index in [1.54, 1.807) is 0 Å². The van der Waals surface area contributed by atoms with Gasteiger partial charge in [0.05, 0.1) is 5.41 Å². The van der Waals surface area contributed by atoms with E-state index in [1.807, 2.05) is 0 Å². The summed E-state index contributed by atoms with van der Waals surface area (Å²) in [5.41, 5.74) is 12.3. The highest BCUT2D eigenvalue weighted by molar-refractivity contribution is 5.95. The van der Waals surface area contributed by atoms with Crippen molar-refractivity contribution in [2.24, 2.45) is 7.05 Å². The van der Waals surface area contributed by atoms with Gasteiger partial charge in [-0.05, 0) is 45.9 Å². The van der Waals surface area contributed by atoms with Gasteiger partial charge in [-0.2, -0.15) is 0 Å². The van der Waals surface area contributed by atoms with Gasteiger partial charge in [-0.15, -0.1) is 0 Å². The van der Waals surface area contributed by atoms with Crippen molar-refractivity contribution in [1.29, 1.82) is 0 Å². The van der Waals surface area contributed by atoms with E-state index in [9.17, 15) is 0 Å². The van der Waals surface area contributed by atoms with E-state index in [2.05, 4.69) is 97.5 Å². The Hall–Kier alpha value is -3.06. The minimum absolute atomic E-state index is 0.206. The van der Waals surface area contributed by atoms with Gasteiger partial charge in [-0.1, -0.05) is 72.8 Å². The fourth-order valence-corrected chi connectivity index (χ4v) is 5.51. The predicted molar refractivity (Wildman–Crippen MR) is 106 cm³/mol. The fraction of sp³-hybridized carbons (Fsp3) is 0.120. The van der Waals surface area contributed by atoms with Crippen molar-refractivity contribution in [3.8, 4) is 22.3 Å². The molecule has 2 aliphatic rings. The molecule has 1 nitrogen and oxygen atoms in total. The number of fused-ring (bicyclic) bond motifs is 10. The second kappa shape index (κ2) is 4.56. The summed E-state index contributed by atoms with van der Waals surface area (Å²) in [4.78, 5) is 0. The molecule has 0 atom stereocenters. The molecule has 26 heavy (non-hydrogen) atoms. The summed E-state index contributed by atoms with van der Waals surface area (Å²) in [5.74, 6) is 0. The number of hydrogen-bond donors (Lipinski definition) is 0. The molecule has 124 valence electrons. The molecule has 0 N–H and O–H groups in total. The molecule has 0 amide bonds. The number of aromatic nitrogens is 1. The van der Waals surface area contributed by atoms with Gasteiger partial charge >= 0.3 is 0 Å². The molecule has 0 fully saturated rings. The maximum absolute atomic E-state index is 2.35. The van der Waals surface area contributed by atoms with Crippen LogP contribution >= 0.6 is 0 Å². The molecular weight excluding hydrogens is 314 g/mol. The number of nitrogens with zero attached hydrogens (tertiary/aromatic N) is 1. The van der Waals surface area contributed by atoms with Gasteiger partial charge < -0.3 is 4.57 Å². The van der Waals surface area contributed by atoms with Crippen molar-refractivity contribution < 1.29 is 0 Å². The zero-order valence-corrected chi connectivity index (χ0v) is 15.0. The number of benzene rings is 3. The molecule has 1 aromatic heterocycles. The number of aryl methyl sites for hydroxylation is 2. The molecule has 1 heteroatoms. The third-order valence-electron chi connectivity index (χ3n) is 6.28. The topological polar surface area (TPSA) is 4.93 Å². The first-order valence-electron chi connectivity index (χ1n) is 9.20. The summed E-state index contributed by atoms with van der Waals surface area (Å²) in [6.07, 6.45) is 2.28. The second-order valence-electron chi connectivity index (χ2n) is 7.53. The monoisotopic (exact) mass is 333 g/mol. The Morgan fingerprint density at radius 3 is 1.69 bits per heavy atom. The summed E-state index contributed by atoms with van der Waals surface area (Å²) in [6.45, 7) is 2.24. The lowest BCUT2D eigenvalue weighted by molar-refractivity contribution is 0.698. The lowest BCUT2D eigenvalue weighted by Gasteiger charge is -2.30. The lowest BCUT2D eigenvalue weighted by atomic mass is 9.72. The Bertz CT molecular complexity index is 1160. The summed E-state index contributed by atoms with van der Waals surface area (Å²) in [6, 6.07) is 26.9. The van der Waals surface area contributed by atoms with E-state index in [0.717, 1.165) is 0 Å². The quantitative estimate of drug-likeness (QED) is 0.337. The molecule has 1 heterocycles. The third kappa shape index (κ3) is 1.37. The minimum Gasteiger partial charge on any atom is -0.352 e. The van der Waals surface area contributed by atoms with Crippen LogP contribution in [-0.4, -0.2) is 4.57 Å². The van der Waals surface area contributed by atoms with Crippen molar-refractivity contribution in [2.45, 2.75) is 12.3 Å². The molecule has 0 unspecified atom stereocenters. The van der Waals surface area contributed by atoms with E-state index in [1.165, 1.54) is 50.2 Å². The molecule has 0 saturated heterocycles. The minimum atomic E-state index is -0.206. The number of hydrogen-bond acceptors (Lipinski definition) is 0. The first-order valence-corrected chi connectivity index (χ1v) is 9.20. The average Bonchev–Trinajstić information content (AvgIpc) is 3.26.